The van der Waals surface area contributed by atoms with Gasteiger partial charge in [-0.05, 0) is 43.4 Å². The summed E-state index contributed by atoms with van der Waals surface area (Å²) >= 11 is 0. The summed E-state index contributed by atoms with van der Waals surface area (Å²) in [6.07, 6.45) is 36.5. The number of phosphoric acid groups is 2. The molecule has 3 N–H and O–H groups in total. The highest BCUT2D eigenvalue weighted by Gasteiger charge is 2.30. The van der Waals surface area contributed by atoms with Crippen molar-refractivity contribution in [3.05, 3.63) is 0 Å². The van der Waals surface area contributed by atoms with Crippen molar-refractivity contribution in [3.8, 4) is 0 Å². The molecule has 83 heavy (non-hydrogen) atoms. The minimum Gasteiger partial charge on any atom is -0.462 e. The molecule has 0 saturated carbocycles. The quantitative estimate of drug-likeness (QED) is 0.0222. The lowest BCUT2D eigenvalue weighted by Crippen LogP contribution is -2.30. The van der Waals surface area contributed by atoms with Gasteiger partial charge in [-0.25, -0.2) is 9.13 Å². The molecule has 0 aliphatic rings. The first kappa shape index (κ1) is 81.1. The van der Waals surface area contributed by atoms with Crippen LogP contribution >= 0.6 is 15.6 Å². The zero-order valence-electron chi connectivity index (χ0n) is 53.6. The van der Waals surface area contributed by atoms with Gasteiger partial charge < -0.3 is 33.8 Å². The maximum Gasteiger partial charge on any atom is 0.472 e. The summed E-state index contributed by atoms with van der Waals surface area (Å²) in [7, 11) is -9.88. The van der Waals surface area contributed by atoms with Crippen LogP contribution in [0.15, 0.2) is 0 Å². The Morgan fingerprint density at radius 1 is 0.349 bits per heavy atom. The zero-order chi connectivity index (χ0) is 61.7. The lowest BCUT2D eigenvalue weighted by atomic mass is 9.99. The molecule has 3 unspecified atom stereocenters. The molecule has 0 rings (SSSR count). The molecule has 0 saturated heterocycles. The van der Waals surface area contributed by atoms with E-state index in [1.807, 2.05) is 0 Å². The van der Waals surface area contributed by atoms with Gasteiger partial charge in [0.05, 0.1) is 26.4 Å². The van der Waals surface area contributed by atoms with Gasteiger partial charge in [0.1, 0.15) is 19.3 Å². The van der Waals surface area contributed by atoms with Gasteiger partial charge in [0, 0.05) is 25.7 Å². The molecular weight excluding hydrogens is 1100 g/mol. The van der Waals surface area contributed by atoms with E-state index < -0.39 is 97.5 Å². The number of hydrogen-bond acceptors (Lipinski definition) is 15. The zero-order valence-corrected chi connectivity index (χ0v) is 55.4. The number of carbonyl (C=O) groups is 4. The van der Waals surface area contributed by atoms with Crippen LogP contribution in [0.3, 0.4) is 0 Å². The fraction of sp³-hybridized carbons (Fsp3) is 0.938. The topological polar surface area (TPSA) is 237 Å². The van der Waals surface area contributed by atoms with Crippen LogP contribution in [0.1, 0.15) is 312 Å². The van der Waals surface area contributed by atoms with Crippen molar-refractivity contribution >= 4 is 39.5 Å². The predicted molar refractivity (Wildman–Crippen MR) is 331 cm³/mol. The molecule has 19 heteroatoms. The van der Waals surface area contributed by atoms with E-state index in [1.54, 1.807) is 0 Å². The normalized spacial score (nSPS) is 14.7. The average Bonchev–Trinajstić information content (AvgIpc) is 3.45. The number of unbranched alkanes of at least 4 members (excludes halogenated alkanes) is 29. The maximum atomic E-state index is 13.0. The van der Waals surface area contributed by atoms with E-state index in [0.29, 0.717) is 25.7 Å². The monoisotopic (exact) mass is 1230 g/mol. The van der Waals surface area contributed by atoms with Gasteiger partial charge in [-0.15, -0.1) is 0 Å². The Balaban J connectivity index is 5.19. The van der Waals surface area contributed by atoms with Crippen molar-refractivity contribution in [1.29, 1.82) is 0 Å². The molecule has 6 atom stereocenters. The van der Waals surface area contributed by atoms with Crippen molar-refractivity contribution in [1.82, 2.24) is 0 Å². The minimum atomic E-state index is -4.94. The molecular formula is C64H124O17P2. The number of ether oxygens (including phenoxy) is 4. The van der Waals surface area contributed by atoms with Crippen molar-refractivity contribution in [2.24, 2.45) is 17.8 Å². The van der Waals surface area contributed by atoms with Crippen LogP contribution < -0.4 is 0 Å². The summed E-state index contributed by atoms with van der Waals surface area (Å²) < 4.78 is 67.8. The number of phosphoric ester groups is 2. The van der Waals surface area contributed by atoms with Crippen LogP contribution in [0.25, 0.3) is 0 Å². The van der Waals surface area contributed by atoms with Gasteiger partial charge >= 0.3 is 39.5 Å². The second kappa shape index (κ2) is 55.4. The Kier molecular flexibility index (Phi) is 54.1. The molecule has 0 aromatic rings. The standard InChI is InChI=1S/C64H124O17P2/c1-8-10-11-28-38-45-61(66)74-51-59(80-64(69)48-41-34-27-21-20-23-30-36-43-56(5)6)53-78-82(70,71)76-49-58(65)50-77-83(72,73)79-54-60(52-75-62(67)46-39-32-25-18-14-12-16-22-29-35-42-55(3)4)81-63(68)47-40-33-26-19-15-13-17-24-31-37-44-57(7)9-2/h55-60,65H,8-54H2,1-7H3,(H,70,71)(H,72,73)/t57?,58-,59+,60+/m0/s1. The van der Waals surface area contributed by atoms with Crippen molar-refractivity contribution in [2.45, 2.75) is 330 Å². The van der Waals surface area contributed by atoms with Gasteiger partial charge in [-0.3, -0.25) is 37.3 Å². The van der Waals surface area contributed by atoms with Gasteiger partial charge in [0.15, 0.2) is 12.2 Å². The first-order chi connectivity index (χ1) is 39.8. The third kappa shape index (κ3) is 57.6. The number of aliphatic hydroxyl groups is 1. The summed E-state index contributed by atoms with van der Waals surface area (Å²) in [6, 6.07) is 0. The molecule has 0 radical (unpaired) electrons. The Hall–Kier alpha value is -1.94. The lowest BCUT2D eigenvalue weighted by molar-refractivity contribution is -0.161. The third-order valence-corrected chi connectivity index (χ3v) is 16.9. The van der Waals surface area contributed by atoms with E-state index in [9.17, 15) is 43.2 Å². The number of esters is 4. The average molecular weight is 1230 g/mol. The van der Waals surface area contributed by atoms with Crippen LogP contribution in [0, 0.1) is 17.8 Å². The molecule has 0 fully saturated rings. The van der Waals surface area contributed by atoms with Crippen LogP contribution in [-0.2, 0) is 65.4 Å². The molecule has 0 aromatic heterocycles. The molecule has 0 amide bonds. The molecule has 492 valence electrons. The first-order valence-electron chi connectivity index (χ1n) is 33.4. The lowest BCUT2D eigenvalue weighted by Gasteiger charge is -2.21. The maximum absolute atomic E-state index is 13.0. The van der Waals surface area contributed by atoms with Gasteiger partial charge in [0.2, 0.25) is 0 Å². The van der Waals surface area contributed by atoms with E-state index >= 15 is 0 Å². The number of carbonyl (C=O) groups excluding carboxylic acids is 4. The highest BCUT2D eigenvalue weighted by Crippen LogP contribution is 2.45. The van der Waals surface area contributed by atoms with E-state index in [2.05, 4.69) is 48.5 Å². The first-order valence-corrected chi connectivity index (χ1v) is 36.4. The Morgan fingerprint density at radius 2 is 0.614 bits per heavy atom. The van der Waals surface area contributed by atoms with Crippen LogP contribution in [0.2, 0.25) is 0 Å². The second-order valence-electron chi connectivity index (χ2n) is 24.3. The SMILES string of the molecule is CCCCCCCC(=O)OC[C@H](COP(=O)(O)OC[C@H](O)COP(=O)(O)OC[C@@H](COC(=O)CCCCCCCCCCCCC(C)C)OC(=O)CCCCCCCCCCCCC(C)CC)OC(=O)CCCCCCCCCCC(C)C. The van der Waals surface area contributed by atoms with Crippen molar-refractivity contribution in [3.63, 3.8) is 0 Å². The Labute approximate surface area is 505 Å². The van der Waals surface area contributed by atoms with Crippen LogP contribution in [-0.4, -0.2) is 96.7 Å². The van der Waals surface area contributed by atoms with E-state index in [-0.39, 0.29) is 25.7 Å². The summed E-state index contributed by atoms with van der Waals surface area (Å²) in [5, 5.41) is 10.5. The highest BCUT2D eigenvalue weighted by molar-refractivity contribution is 7.47. The van der Waals surface area contributed by atoms with Gasteiger partial charge in [-0.2, -0.15) is 0 Å². The fourth-order valence-electron chi connectivity index (χ4n) is 9.45. The highest BCUT2D eigenvalue weighted by atomic mass is 31.2. The number of hydrogen-bond donors (Lipinski definition) is 3. The smallest absolute Gasteiger partial charge is 0.462 e. The molecule has 0 aliphatic heterocycles. The van der Waals surface area contributed by atoms with Gasteiger partial charge in [-0.1, -0.05) is 260 Å². The van der Waals surface area contributed by atoms with Crippen molar-refractivity contribution < 1.29 is 80.2 Å². The Morgan fingerprint density at radius 3 is 0.916 bits per heavy atom. The summed E-state index contributed by atoms with van der Waals surface area (Å²) in [4.78, 5) is 72.0. The Bertz CT molecular complexity index is 1650. The van der Waals surface area contributed by atoms with Crippen molar-refractivity contribution in [2.75, 3.05) is 39.6 Å². The molecule has 0 aliphatic carbocycles. The minimum absolute atomic E-state index is 0.103. The fourth-order valence-corrected chi connectivity index (χ4v) is 11.0. The summed E-state index contributed by atoms with van der Waals surface area (Å²) in [5.74, 6) is 0.133. The van der Waals surface area contributed by atoms with E-state index in [4.69, 9.17) is 37.0 Å². The molecule has 0 heterocycles. The number of aliphatic hydroxyl groups excluding tert-OH is 1. The number of rotatable bonds is 62. The van der Waals surface area contributed by atoms with Crippen LogP contribution in [0.5, 0.6) is 0 Å². The van der Waals surface area contributed by atoms with Crippen LogP contribution in [0.4, 0.5) is 0 Å². The summed E-state index contributed by atoms with van der Waals surface area (Å²) in [6.45, 7) is 11.7. The second-order valence-corrected chi connectivity index (χ2v) is 27.3. The largest absolute Gasteiger partial charge is 0.472 e. The van der Waals surface area contributed by atoms with E-state index in [1.165, 1.54) is 116 Å². The molecule has 0 spiro atoms. The predicted octanol–water partition coefficient (Wildman–Crippen LogP) is 17.5. The van der Waals surface area contributed by atoms with E-state index in [0.717, 1.165) is 114 Å². The summed E-state index contributed by atoms with van der Waals surface area (Å²) in [5.41, 5.74) is 0. The molecule has 17 nitrogen and oxygen atoms in total. The van der Waals surface area contributed by atoms with Gasteiger partial charge in [0.25, 0.3) is 0 Å². The third-order valence-electron chi connectivity index (χ3n) is 15.0. The molecule has 0 aromatic carbocycles. The molecule has 0 bridgehead atoms.